The summed E-state index contributed by atoms with van der Waals surface area (Å²) in [5, 5.41) is 3.31. The molecule has 0 fully saturated rings. The van der Waals surface area contributed by atoms with E-state index in [1.807, 2.05) is 6.07 Å². The summed E-state index contributed by atoms with van der Waals surface area (Å²) in [7, 11) is 0. The molecule has 1 N–H and O–H groups in total. The van der Waals surface area contributed by atoms with Gasteiger partial charge < -0.3 is 5.32 Å². The van der Waals surface area contributed by atoms with Crippen molar-refractivity contribution in [2.24, 2.45) is 0 Å². The maximum absolute atomic E-state index is 4.81. The predicted octanol–water partition coefficient (Wildman–Crippen LogP) is 4.49. The Kier molecular flexibility index (Phi) is 4.31. The molecule has 0 radical (unpaired) electrons. The summed E-state index contributed by atoms with van der Waals surface area (Å²) in [6.07, 6.45) is 0. The summed E-state index contributed by atoms with van der Waals surface area (Å²) >= 11 is 0. The topological polar surface area (TPSA) is 37.8 Å². The number of hydrogen-bond donors (Lipinski definition) is 1. The lowest BCUT2D eigenvalue weighted by Gasteiger charge is -2.19. The predicted molar refractivity (Wildman–Crippen MR) is 89.8 cm³/mol. The lowest BCUT2D eigenvalue weighted by Crippen LogP contribution is -2.18. The Bertz CT molecular complexity index is 639. The van der Waals surface area contributed by atoms with Gasteiger partial charge in [-0.3, -0.25) is 0 Å². The number of nitrogens with one attached hydrogen (secondary N) is 1. The Morgan fingerprint density at radius 1 is 1.05 bits per heavy atom. The van der Waals surface area contributed by atoms with Crippen LogP contribution in [0.3, 0.4) is 0 Å². The zero-order valence-electron chi connectivity index (χ0n) is 13.9. The van der Waals surface area contributed by atoms with E-state index in [1.54, 1.807) is 0 Å². The largest absolute Gasteiger partial charge is 0.370 e. The van der Waals surface area contributed by atoms with Crippen molar-refractivity contribution in [3.05, 3.63) is 41.2 Å². The molecule has 21 heavy (non-hydrogen) atoms. The second kappa shape index (κ2) is 5.84. The fraction of sp³-hybridized carbons (Fsp3) is 0.444. The molecule has 0 aliphatic heterocycles. The molecular formula is C18H25N3. The third kappa shape index (κ3) is 3.60. The van der Waals surface area contributed by atoms with E-state index < -0.39 is 0 Å². The molecule has 0 atom stereocenters. The van der Waals surface area contributed by atoms with Gasteiger partial charge in [0.05, 0.1) is 5.69 Å². The average Bonchev–Trinajstić information content (AvgIpc) is 2.40. The minimum absolute atomic E-state index is 0.0715. The van der Waals surface area contributed by atoms with Crippen molar-refractivity contribution in [2.75, 3.05) is 11.9 Å². The molecule has 1 aromatic heterocycles. The van der Waals surface area contributed by atoms with Crippen LogP contribution in [0.4, 0.5) is 5.82 Å². The molecule has 0 aliphatic carbocycles. The van der Waals surface area contributed by atoms with Gasteiger partial charge in [0.2, 0.25) is 0 Å². The van der Waals surface area contributed by atoms with E-state index in [2.05, 4.69) is 70.0 Å². The highest BCUT2D eigenvalue weighted by Crippen LogP contribution is 2.28. The van der Waals surface area contributed by atoms with Crippen LogP contribution < -0.4 is 5.32 Å². The smallest absolute Gasteiger partial charge is 0.136 e. The monoisotopic (exact) mass is 283 g/mol. The number of aryl methyl sites for hydroxylation is 2. The van der Waals surface area contributed by atoms with Crippen LogP contribution in [0.2, 0.25) is 0 Å². The summed E-state index contributed by atoms with van der Waals surface area (Å²) < 4.78 is 0. The van der Waals surface area contributed by atoms with Gasteiger partial charge in [-0.15, -0.1) is 0 Å². The molecule has 3 nitrogen and oxygen atoms in total. The molecule has 0 saturated heterocycles. The zero-order chi connectivity index (χ0) is 15.6. The van der Waals surface area contributed by atoms with E-state index in [4.69, 9.17) is 4.98 Å². The molecule has 0 bridgehead atoms. The summed E-state index contributed by atoms with van der Waals surface area (Å²) in [5.74, 6) is 1.77. The number of hydrogen-bond acceptors (Lipinski definition) is 3. The third-order valence-corrected chi connectivity index (χ3v) is 3.42. The fourth-order valence-corrected chi connectivity index (χ4v) is 2.20. The Balaban J connectivity index is 2.62. The Morgan fingerprint density at radius 2 is 1.76 bits per heavy atom. The van der Waals surface area contributed by atoms with E-state index in [-0.39, 0.29) is 5.41 Å². The van der Waals surface area contributed by atoms with Gasteiger partial charge in [-0.2, -0.15) is 0 Å². The van der Waals surface area contributed by atoms with E-state index >= 15 is 0 Å². The second-order valence-electron chi connectivity index (χ2n) is 6.56. The number of benzene rings is 1. The van der Waals surface area contributed by atoms with E-state index in [1.165, 1.54) is 16.7 Å². The SMILES string of the molecule is CCNc1cc(-c2cc(C)ccc2C)nc(C(C)(C)C)n1. The maximum atomic E-state index is 4.81. The lowest BCUT2D eigenvalue weighted by molar-refractivity contribution is 0.546. The van der Waals surface area contributed by atoms with Gasteiger partial charge in [0.1, 0.15) is 11.6 Å². The Labute approximate surface area is 127 Å². The molecule has 0 amide bonds. The molecule has 1 aromatic carbocycles. The van der Waals surface area contributed by atoms with Crippen molar-refractivity contribution in [2.45, 2.75) is 47.0 Å². The maximum Gasteiger partial charge on any atom is 0.136 e. The zero-order valence-corrected chi connectivity index (χ0v) is 13.9. The molecule has 2 rings (SSSR count). The van der Waals surface area contributed by atoms with Crippen molar-refractivity contribution in [3.8, 4) is 11.3 Å². The van der Waals surface area contributed by atoms with Gasteiger partial charge in [0.25, 0.3) is 0 Å². The number of anilines is 1. The minimum atomic E-state index is -0.0715. The molecule has 2 aromatic rings. The van der Waals surface area contributed by atoms with Crippen molar-refractivity contribution in [1.29, 1.82) is 0 Å². The van der Waals surface area contributed by atoms with Crippen molar-refractivity contribution in [1.82, 2.24) is 9.97 Å². The van der Waals surface area contributed by atoms with Crippen LogP contribution in [-0.4, -0.2) is 16.5 Å². The van der Waals surface area contributed by atoms with Gasteiger partial charge in [-0.05, 0) is 32.4 Å². The van der Waals surface area contributed by atoms with Gasteiger partial charge in [-0.1, -0.05) is 38.5 Å². The van der Waals surface area contributed by atoms with Crippen molar-refractivity contribution >= 4 is 5.82 Å². The average molecular weight is 283 g/mol. The van der Waals surface area contributed by atoms with Crippen molar-refractivity contribution in [3.63, 3.8) is 0 Å². The highest BCUT2D eigenvalue weighted by atomic mass is 15.0. The number of nitrogens with zero attached hydrogens (tertiary/aromatic N) is 2. The number of aromatic nitrogens is 2. The van der Waals surface area contributed by atoms with Crippen LogP contribution in [-0.2, 0) is 5.41 Å². The highest BCUT2D eigenvalue weighted by molar-refractivity contribution is 5.67. The van der Waals surface area contributed by atoms with Gasteiger partial charge >= 0.3 is 0 Å². The molecule has 0 unspecified atom stereocenters. The van der Waals surface area contributed by atoms with Crippen LogP contribution >= 0.6 is 0 Å². The molecule has 112 valence electrons. The van der Waals surface area contributed by atoms with E-state index in [0.29, 0.717) is 0 Å². The molecule has 3 heteroatoms. The standard InChI is InChI=1S/C18H25N3/c1-7-19-16-11-15(20-17(21-16)18(4,5)6)14-10-12(2)8-9-13(14)3/h8-11H,7H2,1-6H3,(H,19,20,21). The quantitative estimate of drug-likeness (QED) is 0.902. The van der Waals surface area contributed by atoms with Gasteiger partial charge in [0, 0.05) is 23.6 Å². The van der Waals surface area contributed by atoms with Gasteiger partial charge in [0.15, 0.2) is 0 Å². The molecular weight excluding hydrogens is 258 g/mol. The normalized spacial score (nSPS) is 11.5. The fourth-order valence-electron chi connectivity index (χ4n) is 2.20. The van der Waals surface area contributed by atoms with Crippen LogP contribution in [0.25, 0.3) is 11.3 Å². The molecule has 0 aliphatic rings. The van der Waals surface area contributed by atoms with E-state index in [9.17, 15) is 0 Å². The van der Waals surface area contributed by atoms with Crippen LogP contribution in [0, 0.1) is 13.8 Å². The van der Waals surface area contributed by atoms with Gasteiger partial charge in [-0.25, -0.2) is 9.97 Å². The van der Waals surface area contributed by atoms with E-state index in [0.717, 1.165) is 23.9 Å². The lowest BCUT2D eigenvalue weighted by atomic mass is 9.95. The van der Waals surface area contributed by atoms with Crippen LogP contribution in [0.15, 0.2) is 24.3 Å². The molecule has 1 heterocycles. The van der Waals surface area contributed by atoms with Crippen LogP contribution in [0.5, 0.6) is 0 Å². The first-order valence-electron chi connectivity index (χ1n) is 7.52. The number of rotatable bonds is 3. The first-order valence-corrected chi connectivity index (χ1v) is 7.52. The highest BCUT2D eigenvalue weighted by Gasteiger charge is 2.20. The molecule has 0 spiro atoms. The summed E-state index contributed by atoms with van der Waals surface area (Å²) in [6.45, 7) is 13.6. The summed E-state index contributed by atoms with van der Waals surface area (Å²) in [5.41, 5.74) is 4.59. The van der Waals surface area contributed by atoms with Crippen molar-refractivity contribution < 1.29 is 0 Å². The summed E-state index contributed by atoms with van der Waals surface area (Å²) in [6, 6.07) is 8.52. The van der Waals surface area contributed by atoms with Crippen LogP contribution in [0.1, 0.15) is 44.6 Å². The third-order valence-electron chi connectivity index (χ3n) is 3.42. The Hall–Kier alpha value is -1.90. The molecule has 0 saturated carbocycles. The Morgan fingerprint density at radius 3 is 2.38 bits per heavy atom. The second-order valence-corrected chi connectivity index (χ2v) is 6.56. The first kappa shape index (κ1) is 15.5. The minimum Gasteiger partial charge on any atom is -0.370 e. The summed E-state index contributed by atoms with van der Waals surface area (Å²) in [4.78, 5) is 9.46. The first-order chi connectivity index (χ1) is 9.81.